The maximum atomic E-state index is 8.52. The molecule has 0 rings (SSSR count). The van der Waals surface area contributed by atoms with E-state index in [1.54, 1.807) is 0 Å². The van der Waals surface area contributed by atoms with Gasteiger partial charge in [-0.05, 0) is 0 Å². The van der Waals surface area contributed by atoms with E-state index in [0.29, 0.717) is 0 Å². The number of nitrogens with zero attached hydrogens (tertiary/aromatic N) is 2. The molecule has 0 fully saturated rings. The second-order valence-electron chi connectivity index (χ2n) is 0.855. The Hall–Kier alpha value is -1.21. The fourth-order valence-corrected chi connectivity index (χ4v) is 0. The van der Waals surface area contributed by atoms with E-state index in [2.05, 4.69) is 0 Å². The van der Waals surface area contributed by atoms with Crippen molar-refractivity contribution in [2.75, 3.05) is 0 Å². The van der Waals surface area contributed by atoms with Gasteiger partial charge in [-0.3, -0.25) is 8.42 Å². The van der Waals surface area contributed by atoms with Crippen molar-refractivity contribution in [2.45, 2.75) is 0 Å². The maximum absolute atomic E-state index is 8.52. The van der Waals surface area contributed by atoms with Crippen LogP contribution in [-0.2, 0) is 27.5 Å². The predicted octanol–water partition coefficient (Wildman–Crippen LogP) is -1.82. The second-order valence-corrected chi connectivity index (χ2v) is 1.67. The van der Waals surface area contributed by atoms with Gasteiger partial charge in [0.1, 0.15) is 0 Å². The molecule has 91 valence electrons. The van der Waals surface area contributed by atoms with Gasteiger partial charge in [0.15, 0.2) is 0 Å². The van der Waals surface area contributed by atoms with E-state index in [1.165, 1.54) is 0 Å². The molecule has 0 aromatic carbocycles. The van der Waals surface area contributed by atoms with Crippen LogP contribution in [-0.4, -0.2) is 27.7 Å². The molecule has 0 aliphatic heterocycles. The zero-order valence-corrected chi connectivity index (χ0v) is 7.44. The summed E-state index contributed by atoms with van der Waals surface area (Å²) in [4.78, 5) is 16.5. The molecule has 0 bridgehead atoms. The van der Waals surface area contributed by atoms with Gasteiger partial charge in [-0.15, -0.1) is 0 Å². The monoisotopic (exact) mass is 283 g/mol. The van der Waals surface area contributed by atoms with Crippen molar-refractivity contribution < 1.29 is 44.8 Å². The minimum atomic E-state index is -5.17. The fourth-order valence-electron chi connectivity index (χ4n) is 0. The average Bonchev–Trinajstić information content (AvgIpc) is 1.50. The Morgan fingerprint density at radius 2 is 0.786 bits per heavy atom. The van der Waals surface area contributed by atoms with Gasteiger partial charge >= 0.3 is 0 Å². The van der Waals surface area contributed by atoms with Crippen LogP contribution in [0.15, 0.2) is 0 Å². The number of hydrogen-bond donors (Lipinski definition) is 0. The fraction of sp³-hybridized carbons (Fsp3) is 0. The van der Waals surface area contributed by atoms with E-state index in [0.717, 1.165) is 0 Å². The van der Waals surface area contributed by atoms with Crippen LogP contribution >= 0.6 is 0 Å². The first-order valence-corrected chi connectivity index (χ1v) is 3.10. The Morgan fingerprint density at radius 3 is 0.786 bits per heavy atom. The van der Waals surface area contributed by atoms with Gasteiger partial charge in [-0.1, -0.05) is 0 Å². The first-order valence-electron chi connectivity index (χ1n) is 1.76. The summed E-state index contributed by atoms with van der Waals surface area (Å²) in [6.07, 6.45) is 0. The first kappa shape index (κ1) is 23.0. The van der Waals surface area contributed by atoms with Gasteiger partial charge in [0, 0.05) is 27.5 Å². The zero-order chi connectivity index (χ0) is 11.7. The van der Waals surface area contributed by atoms with Crippen LogP contribution in [0.5, 0.6) is 0 Å². The first-order chi connectivity index (χ1) is 5.46. The number of hydrogen-bond acceptors (Lipinski definition) is 10. The largest absolute Gasteiger partial charge is 0.759 e. The molecule has 1 radical (unpaired) electrons. The molecule has 0 heterocycles. The third kappa shape index (κ3) is 706. The average molecular weight is 284 g/mol. The Bertz CT molecular complexity index is 213. The Morgan fingerprint density at radius 1 is 0.786 bits per heavy atom. The minimum Gasteiger partial charge on any atom is -0.759 e. The summed E-state index contributed by atoms with van der Waals surface area (Å²) in [6, 6.07) is 0. The smallest absolute Gasteiger partial charge is 0.0689 e. The summed E-state index contributed by atoms with van der Waals surface area (Å²) >= 11 is 0. The van der Waals surface area contributed by atoms with E-state index in [9.17, 15) is 0 Å². The maximum Gasteiger partial charge on any atom is 0.0689 e. The Balaban J connectivity index is -0.0000000522. The van der Waals surface area contributed by atoms with Gasteiger partial charge in [-0.25, -0.2) is 0 Å². The molecule has 12 nitrogen and oxygen atoms in total. The summed E-state index contributed by atoms with van der Waals surface area (Å²) in [6.45, 7) is 0. The standard InChI is InChI=1S/Cu.2NO3.H2O4S/c;2*2-1(3)4;1-5(2,3)4/h;;;(H2,1,2,3,4)/q;2*-1;/p-2. The van der Waals surface area contributed by atoms with E-state index in [1.807, 2.05) is 0 Å². The molecule has 0 amide bonds. The topological polar surface area (TPSA) is 213 Å². The van der Waals surface area contributed by atoms with Crippen LogP contribution in [0.1, 0.15) is 0 Å². The molecule has 0 aromatic rings. The molecule has 14 heteroatoms. The molecule has 0 atom stereocenters. The Kier molecular flexibility index (Phi) is 19.4. The normalized spacial score (nSPS) is 7.57. The van der Waals surface area contributed by atoms with Crippen molar-refractivity contribution in [1.29, 1.82) is 0 Å². The van der Waals surface area contributed by atoms with E-state index in [4.69, 9.17) is 48.2 Å². The molecule has 0 saturated carbocycles. The van der Waals surface area contributed by atoms with Gasteiger partial charge in [0.25, 0.3) is 0 Å². The van der Waals surface area contributed by atoms with E-state index >= 15 is 0 Å². The van der Waals surface area contributed by atoms with E-state index in [-0.39, 0.29) is 17.1 Å². The molecular formula is CuN2O10S-4. The molecule has 14 heavy (non-hydrogen) atoms. The summed E-state index contributed by atoms with van der Waals surface area (Å²) in [5.74, 6) is 0. The molecule has 0 aliphatic carbocycles. The summed E-state index contributed by atoms with van der Waals surface area (Å²) < 4.78 is 34.1. The van der Waals surface area contributed by atoms with Crippen molar-refractivity contribution in [2.24, 2.45) is 0 Å². The van der Waals surface area contributed by atoms with Crippen LogP contribution in [0.3, 0.4) is 0 Å². The van der Waals surface area contributed by atoms with Crippen LogP contribution in [0.25, 0.3) is 0 Å². The van der Waals surface area contributed by atoms with Crippen LogP contribution in [0.4, 0.5) is 0 Å². The van der Waals surface area contributed by atoms with Crippen molar-refractivity contribution >= 4 is 10.4 Å². The summed E-state index contributed by atoms with van der Waals surface area (Å²) in [5, 5.41) is 29.5. The van der Waals surface area contributed by atoms with Crippen molar-refractivity contribution in [3.63, 3.8) is 0 Å². The Labute approximate surface area is 86.4 Å². The SMILES string of the molecule is O=S(=O)([O-])[O-].O=[N+]([O-])[O-].O=[N+]([O-])[O-].[Cu]. The zero-order valence-electron chi connectivity index (χ0n) is 5.69. The molecule has 0 spiro atoms. The molecule has 0 unspecified atom stereocenters. The summed E-state index contributed by atoms with van der Waals surface area (Å²) in [5.41, 5.74) is 0. The third-order valence-electron chi connectivity index (χ3n) is 0. The summed E-state index contributed by atoms with van der Waals surface area (Å²) in [7, 11) is -5.17. The van der Waals surface area contributed by atoms with Gasteiger partial charge in [-0.2, -0.15) is 0 Å². The van der Waals surface area contributed by atoms with Crippen LogP contribution < -0.4 is 0 Å². The van der Waals surface area contributed by atoms with Crippen molar-refractivity contribution in [3.8, 4) is 0 Å². The third-order valence-corrected chi connectivity index (χ3v) is 0. The van der Waals surface area contributed by atoms with Gasteiger partial charge < -0.3 is 39.7 Å². The molecular weight excluding hydrogens is 284 g/mol. The molecule has 0 aliphatic rings. The van der Waals surface area contributed by atoms with Crippen LogP contribution in [0, 0.1) is 30.6 Å². The molecule has 0 aromatic heterocycles. The molecule has 0 N–H and O–H groups in total. The predicted molar refractivity (Wildman–Crippen MR) is 31.2 cm³/mol. The van der Waals surface area contributed by atoms with Crippen LogP contribution in [0.2, 0.25) is 0 Å². The van der Waals surface area contributed by atoms with Gasteiger partial charge in [0.2, 0.25) is 0 Å². The second kappa shape index (κ2) is 11.8. The quantitative estimate of drug-likeness (QED) is 0.159. The van der Waals surface area contributed by atoms with Crippen molar-refractivity contribution in [3.05, 3.63) is 30.6 Å². The number of rotatable bonds is 0. The van der Waals surface area contributed by atoms with Gasteiger partial charge in [0.05, 0.1) is 10.2 Å². The van der Waals surface area contributed by atoms with E-state index < -0.39 is 20.6 Å². The van der Waals surface area contributed by atoms with Crippen molar-refractivity contribution in [1.82, 2.24) is 0 Å². The molecule has 0 saturated heterocycles. The minimum absolute atomic E-state index is 0.